The van der Waals surface area contributed by atoms with Crippen molar-refractivity contribution in [2.24, 2.45) is 0 Å². The molecule has 0 radical (unpaired) electrons. The van der Waals surface area contributed by atoms with Gasteiger partial charge in [0.1, 0.15) is 24.9 Å². The molecular weight excluding hydrogens is 326 g/mol. The van der Waals surface area contributed by atoms with E-state index in [0.29, 0.717) is 19.0 Å². The number of aromatic nitrogens is 4. The minimum absolute atomic E-state index is 0.0163. The van der Waals surface area contributed by atoms with E-state index in [-0.39, 0.29) is 36.8 Å². The van der Waals surface area contributed by atoms with Gasteiger partial charge in [-0.2, -0.15) is 0 Å². The molecule has 4 atom stereocenters. The van der Waals surface area contributed by atoms with Crippen molar-refractivity contribution in [2.75, 3.05) is 26.9 Å². The number of hydrogen-bond acceptors (Lipinski definition) is 7. The number of carbonyl (C=O) groups is 1. The molecule has 132 valence electrons. The molecule has 2 aliphatic heterocycles. The van der Waals surface area contributed by atoms with Crippen LogP contribution < -0.4 is 5.32 Å². The summed E-state index contributed by atoms with van der Waals surface area (Å²) >= 11 is 0. The quantitative estimate of drug-likeness (QED) is 0.801. The standard InChI is InChI=1S/C16H19N5O4/c1-23-9-13(22)17-11-7-24-15-12(8-25-14(11)15)21-16(18-19-20-21)10-5-3-2-4-6-10/h2-6,11-12,14-15H,7-9H2,1H3,(H,17,22)/t11-,12-,14+,15+/m0/s1. The smallest absolute Gasteiger partial charge is 0.246 e. The summed E-state index contributed by atoms with van der Waals surface area (Å²) in [5.41, 5.74) is 0.930. The van der Waals surface area contributed by atoms with Crippen molar-refractivity contribution in [1.82, 2.24) is 25.5 Å². The van der Waals surface area contributed by atoms with E-state index in [1.54, 1.807) is 4.68 Å². The van der Waals surface area contributed by atoms with Crippen molar-refractivity contribution < 1.29 is 19.0 Å². The van der Waals surface area contributed by atoms with Crippen molar-refractivity contribution >= 4 is 5.91 Å². The Morgan fingerprint density at radius 2 is 2.08 bits per heavy atom. The molecule has 0 saturated carbocycles. The van der Waals surface area contributed by atoms with Gasteiger partial charge in [0.05, 0.1) is 19.3 Å². The van der Waals surface area contributed by atoms with Gasteiger partial charge >= 0.3 is 0 Å². The molecule has 2 aromatic rings. The van der Waals surface area contributed by atoms with E-state index >= 15 is 0 Å². The van der Waals surface area contributed by atoms with Gasteiger partial charge in [0.25, 0.3) is 0 Å². The van der Waals surface area contributed by atoms with Crippen molar-refractivity contribution in [3.05, 3.63) is 30.3 Å². The van der Waals surface area contributed by atoms with Crippen LogP contribution in [0, 0.1) is 0 Å². The third kappa shape index (κ3) is 3.01. The Morgan fingerprint density at radius 3 is 2.88 bits per heavy atom. The lowest BCUT2D eigenvalue weighted by molar-refractivity contribution is -0.126. The number of methoxy groups -OCH3 is 1. The number of hydrogen-bond donors (Lipinski definition) is 1. The molecule has 0 unspecified atom stereocenters. The Labute approximate surface area is 144 Å². The third-order valence-corrected chi connectivity index (χ3v) is 4.49. The predicted molar refractivity (Wildman–Crippen MR) is 85.6 cm³/mol. The number of tetrazole rings is 1. The van der Waals surface area contributed by atoms with Crippen LogP contribution in [0.15, 0.2) is 30.3 Å². The Hall–Kier alpha value is -2.36. The van der Waals surface area contributed by atoms with Gasteiger partial charge in [-0.1, -0.05) is 30.3 Å². The number of fused-ring (bicyclic) bond motifs is 1. The lowest BCUT2D eigenvalue weighted by atomic mass is 10.1. The van der Waals surface area contributed by atoms with Crippen LogP contribution >= 0.6 is 0 Å². The van der Waals surface area contributed by atoms with Crippen LogP contribution in [0.2, 0.25) is 0 Å². The highest BCUT2D eigenvalue weighted by atomic mass is 16.6. The summed E-state index contributed by atoms with van der Waals surface area (Å²) < 4.78 is 18.4. The molecule has 2 aliphatic rings. The van der Waals surface area contributed by atoms with Crippen molar-refractivity contribution in [3.8, 4) is 11.4 Å². The fourth-order valence-electron chi connectivity index (χ4n) is 3.39. The molecule has 3 heterocycles. The summed E-state index contributed by atoms with van der Waals surface area (Å²) in [5, 5.41) is 15.0. The van der Waals surface area contributed by atoms with Gasteiger partial charge in [-0.15, -0.1) is 5.10 Å². The van der Waals surface area contributed by atoms with Crippen LogP contribution in [-0.2, 0) is 19.0 Å². The lowest BCUT2D eigenvalue weighted by Crippen LogP contribution is -2.45. The summed E-state index contributed by atoms with van der Waals surface area (Å²) in [5.74, 6) is 0.488. The number of rotatable bonds is 5. The Balaban J connectivity index is 1.52. The van der Waals surface area contributed by atoms with E-state index in [1.807, 2.05) is 30.3 Å². The van der Waals surface area contributed by atoms with E-state index in [2.05, 4.69) is 20.8 Å². The molecule has 1 aromatic carbocycles. The van der Waals surface area contributed by atoms with E-state index in [9.17, 15) is 4.79 Å². The van der Waals surface area contributed by atoms with Crippen molar-refractivity contribution in [3.63, 3.8) is 0 Å². The first-order chi connectivity index (χ1) is 12.3. The molecule has 9 nitrogen and oxygen atoms in total. The molecule has 2 saturated heterocycles. The fourth-order valence-corrected chi connectivity index (χ4v) is 3.39. The fraction of sp³-hybridized carbons (Fsp3) is 0.500. The molecule has 9 heteroatoms. The van der Waals surface area contributed by atoms with Crippen LogP contribution in [0.5, 0.6) is 0 Å². The number of benzene rings is 1. The van der Waals surface area contributed by atoms with E-state index < -0.39 is 0 Å². The molecule has 4 rings (SSSR count). The van der Waals surface area contributed by atoms with E-state index in [1.165, 1.54) is 7.11 Å². The number of ether oxygens (including phenoxy) is 3. The first kappa shape index (κ1) is 16.1. The normalized spacial score (nSPS) is 28.0. The third-order valence-electron chi connectivity index (χ3n) is 4.49. The molecule has 1 aromatic heterocycles. The number of amides is 1. The summed E-state index contributed by atoms with van der Waals surface area (Å²) in [6, 6.07) is 9.40. The van der Waals surface area contributed by atoms with Crippen LogP contribution in [0.4, 0.5) is 0 Å². The van der Waals surface area contributed by atoms with Crippen LogP contribution in [-0.4, -0.2) is 71.3 Å². The lowest BCUT2D eigenvalue weighted by Gasteiger charge is -2.18. The highest BCUT2D eigenvalue weighted by molar-refractivity contribution is 5.77. The average Bonchev–Trinajstić information content (AvgIpc) is 3.33. The van der Waals surface area contributed by atoms with Crippen molar-refractivity contribution in [2.45, 2.75) is 24.3 Å². The number of nitrogens with zero attached hydrogens (tertiary/aromatic N) is 4. The molecule has 2 fully saturated rings. The highest BCUT2D eigenvalue weighted by Crippen LogP contribution is 2.35. The molecule has 1 N–H and O–H groups in total. The van der Waals surface area contributed by atoms with Crippen LogP contribution in [0.3, 0.4) is 0 Å². The predicted octanol–water partition coefficient (Wildman–Crippen LogP) is -0.190. The summed E-state index contributed by atoms with van der Waals surface area (Å²) in [4.78, 5) is 11.8. The SMILES string of the molecule is COCC(=O)N[C@H]1CO[C@H]2[C@@H]1OC[C@@H]2n1nnnc1-c1ccccc1. The van der Waals surface area contributed by atoms with Gasteiger partial charge in [-0.25, -0.2) is 4.68 Å². The maximum absolute atomic E-state index is 11.8. The number of nitrogens with one attached hydrogen (secondary N) is 1. The van der Waals surface area contributed by atoms with Gasteiger partial charge in [0.15, 0.2) is 5.82 Å². The maximum atomic E-state index is 11.8. The zero-order valence-corrected chi connectivity index (χ0v) is 13.7. The van der Waals surface area contributed by atoms with E-state index in [4.69, 9.17) is 14.2 Å². The number of carbonyl (C=O) groups excluding carboxylic acids is 1. The topological polar surface area (TPSA) is 100 Å². The summed E-state index contributed by atoms with van der Waals surface area (Å²) in [7, 11) is 1.48. The van der Waals surface area contributed by atoms with Gasteiger partial charge in [-0.05, 0) is 10.4 Å². The molecule has 1 amide bonds. The van der Waals surface area contributed by atoms with Crippen LogP contribution in [0.1, 0.15) is 6.04 Å². The van der Waals surface area contributed by atoms with Gasteiger partial charge < -0.3 is 19.5 Å². The average molecular weight is 345 g/mol. The zero-order valence-electron chi connectivity index (χ0n) is 13.7. The molecular formula is C16H19N5O4. The molecule has 0 spiro atoms. The first-order valence-electron chi connectivity index (χ1n) is 8.12. The van der Waals surface area contributed by atoms with E-state index in [0.717, 1.165) is 5.56 Å². The minimum atomic E-state index is -0.223. The second-order valence-corrected chi connectivity index (χ2v) is 6.08. The van der Waals surface area contributed by atoms with Gasteiger partial charge in [-0.3, -0.25) is 4.79 Å². The largest absolute Gasteiger partial charge is 0.375 e. The molecule has 0 bridgehead atoms. The summed E-state index contributed by atoms with van der Waals surface area (Å²) in [6.45, 7) is 0.837. The van der Waals surface area contributed by atoms with Crippen LogP contribution in [0.25, 0.3) is 11.4 Å². The summed E-state index contributed by atoms with van der Waals surface area (Å²) in [6.07, 6.45) is -0.433. The molecule has 0 aliphatic carbocycles. The second kappa shape index (κ2) is 6.87. The minimum Gasteiger partial charge on any atom is -0.375 e. The van der Waals surface area contributed by atoms with Gasteiger partial charge in [0, 0.05) is 12.7 Å². The van der Waals surface area contributed by atoms with Gasteiger partial charge in [0.2, 0.25) is 5.91 Å². The maximum Gasteiger partial charge on any atom is 0.246 e. The second-order valence-electron chi connectivity index (χ2n) is 6.08. The highest BCUT2D eigenvalue weighted by Gasteiger charge is 2.50. The zero-order chi connectivity index (χ0) is 17.2. The Bertz CT molecular complexity index is 737. The Morgan fingerprint density at radius 1 is 1.28 bits per heavy atom. The monoisotopic (exact) mass is 345 g/mol. The Kier molecular flexibility index (Phi) is 4.43. The molecule has 25 heavy (non-hydrogen) atoms. The van der Waals surface area contributed by atoms with Crippen molar-refractivity contribution in [1.29, 1.82) is 0 Å². The first-order valence-corrected chi connectivity index (χ1v) is 8.12.